The molecular formula is C28H33FN2O5. The molecule has 0 aliphatic carbocycles. The van der Waals surface area contributed by atoms with Gasteiger partial charge in [-0.2, -0.15) is 0 Å². The molecule has 2 aliphatic heterocycles. The van der Waals surface area contributed by atoms with Crippen LogP contribution in [-0.2, 0) is 24.5 Å². The molecule has 0 aromatic heterocycles. The minimum Gasteiger partial charge on any atom is -0.493 e. The van der Waals surface area contributed by atoms with Gasteiger partial charge < -0.3 is 14.4 Å². The lowest BCUT2D eigenvalue weighted by Gasteiger charge is -2.35. The molecule has 0 spiro atoms. The van der Waals surface area contributed by atoms with Crippen molar-refractivity contribution in [3.8, 4) is 5.75 Å². The topological polar surface area (TPSA) is 76.2 Å². The van der Waals surface area contributed by atoms with Gasteiger partial charge in [0.2, 0.25) is 17.7 Å². The van der Waals surface area contributed by atoms with Crippen LogP contribution in [0.15, 0.2) is 48.5 Å². The smallest absolute Gasteiger partial charge is 0.241 e. The van der Waals surface area contributed by atoms with Crippen molar-refractivity contribution in [3.63, 3.8) is 0 Å². The predicted molar refractivity (Wildman–Crippen MR) is 132 cm³/mol. The number of imide groups is 1. The van der Waals surface area contributed by atoms with E-state index in [0.29, 0.717) is 19.7 Å². The van der Waals surface area contributed by atoms with Crippen molar-refractivity contribution in [2.75, 3.05) is 40.0 Å². The lowest BCUT2D eigenvalue weighted by molar-refractivity contribution is -0.143. The van der Waals surface area contributed by atoms with Crippen molar-refractivity contribution in [3.05, 3.63) is 65.5 Å². The van der Waals surface area contributed by atoms with Crippen molar-refractivity contribution in [1.29, 1.82) is 0 Å². The Morgan fingerprint density at radius 3 is 2.64 bits per heavy atom. The zero-order chi connectivity index (χ0) is 25.7. The van der Waals surface area contributed by atoms with Crippen LogP contribution in [-0.4, -0.2) is 67.5 Å². The summed E-state index contributed by atoms with van der Waals surface area (Å²) in [5.41, 5.74) is -0.415. The Balaban J connectivity index is 1.51. The van der Waals surface area contributed by atoms with Gasteiger partial charge in [0.1, 0.15) is 11.6 Å². The third kappa shape index (κ3) is 5.28. The van der Waals surface area contributed by atoms with Crippen LogP contribution in [0.1, 0.15) is 36.8 Å². The first kappa shape index (κ1) is 25.8. The minimum atomic E-state index is -1.56. The molecular weight excluding hydrogens is 463 g/mol. The molecule has 2 aromatic rings. The van der Waals surface area contributed by atoms with Gasteiger partial charge in [0.25, 0.3) is 0 Å². The van der Waals surface area contributed by atoms with E-state index in [-0.39, 0.29) is 43.4 Å². The standard InChI is InChI=1S/C28H33FN2O5/c1-20-8-3-6-12-24(20)36-19-21-9-7-13-30(18-21)25(32)16-28(22-10-4-5-11-23(22)29)17-26(33)31(27(28)34)14-15-35-2/h3-6,8,10-12,21H,7,9,13-19H2,1-2H3/t21-,28+/m0/s1. The third-order valence-electron chi connectivity index (χ3n) is 7.21. The van der Waals surface area contributed by atoms with Gasteiger partial charge >= 0.3 is 0 Å². The van der Waals surface area contributed by atoms with Crippen LogP contribution in [0, 0.1) is 18.7 Å². The fourth-order valence-corrected chi connectivity index (χ4v) is 5.23. The number of likely N-dealkylation sites (tertiary alicyclic amines) is 2. The quantitative estimate of drug-likeness (QED) is 0.497. The van der Waals surface area contributed by atoms with Crippen LogP contribution in [0.25, 0.3) is 0 Å². The van der Waals surface area contributed by atoms with Crippen molar-refractivity contribution < 1.29 is 28.2 Å². The van der Waals surface area contributed by atoms with E-state index in [1.165, 1.54) is 25.3 Å². The zero-order valence-electron chi connectivity index (χ0n) is 20.9. The molecule has 36 heavy (non-hydrogen) atoms. The van der Waals surface area contributed by atoms with Crippen LogP contribution < -0.4 is 4.74 Å². The number of amides is 3. The van der Waals surface area contributed by atoms with E-state index in [9.17, 15) is 18.8 Å². The molecule has 2 aromatic carbocycles. The fraction of sp³-hybridized carbons (Fsp3) is 0.464. The highest BCUT2D eigenvalue weighted by Crippen LogP contribution is 2.41. The average molecular weight is 497 g/mol. The van der Waals surface area contributed by atoms with Gasteiger partial charge in [0, 0.05) is 44.5 Å². The second-order valence-corrected chi connectivity index (χ2v) is 9.68. The molecule has 2 saturated heterocycles. The molecule has 0 bridgehead atoms. The molecule has 2 fully saturated rings. The van der Waals surface area contributed by atoms with Crippen molar-refractivity contribution >= 4 is 17.7 Å². The number of hydrogen-bond acceptors (Lipinski definition) is 5. The zero-order valence-corrected chi connectivity index (χ0v) is 20.9. The van der Waals surface area contributed by atoms with Crippen molar-refractivity contribution in [1.82, 2.24) is 9.80 Å². The number of methoxy groups -OCH3 is 1. The summed E-state index contributed by atoms with van der Waals surface area (Å²) < 4.78 is 26.0. The van der Waals surface area contributed by atoms with E-state index in [0.717, 1.165) is 29.1 Å². The van der Waals surface area contributed by atoms with Crippen LogP contribution in [0.2, 0.25) is 0 Å². The van der Waals surface area contributed by atoms with Crippen molar-refractivity contribution in [2.24, 2.45) is 5.92 Å². The molecule has 0 unspecified atom stereocenters. The molecule has 4 rings (SSSR count). The Morgan fingerprint density at radius 2 is 1.89 bits per heavy atom. The van der Waals surface area contributed by atoms with Gasteiger partial charge in [-0.05, 0) is 37.5 Å². The number of hydrogen-bond donors (Lipinski definition) is 0. The minimum absolute atomic E-state index is 0.0700. The molecule has 2 aliphatic rings. The second kappa shape index (κ2) is 11.2. The summed E-state index contributed by atoms with van der Waals surface area (Å²) in [5, 5.41) is 0. The number of rotatable bonds is 9. The largest absolute Gasteiger partial charge is 0.493 e. The Morgan fingerprint density at radius 1 is 1.14 bits per heavy atom. The number of nitrogens with zero attached hydrogens (tertiary/aromatic N) is 2. The fourth-order valence-electron chi connectivity index (χ4n) is 5.23. The normalized spacial score (nSPS) is 22.2. The number of benzene rings is 2. The van der Waals surface area contributed by atoms with E-state index in [2.05, 4.69) is 0 Å². The van der Waals surface area contributed by atoms with Crippen LogP contribution in [0.4, 0.5) is 4.39 Å². The number of aryl methyl sites for hydroxylation is 1. The number of halogens is 1. The summed E-state index contributed by atoms with van der Waals surface area (Å²) in [6.45, 7) is 3.77. The van der Waals surface area contributed by atoms with Gasteiger partial charge in [0.05, 0.1) is 25.2 Å². The molecule has 192 valence electrons. The monoisotopic (exact) mass is 496 g/mol. The number of carbonyl (C=O) groups excluding carboxylic acids is 3. The second-order valence-electron chi connectivity index (χ2n) is 9.68. The molecule has 0 radical (unpaired) electrons. The highest BCUT2D eigenvalue weighted by molar-refractivity contribution is 6.10. The number of ether oxygens (including phenoxy) is 2. The first-order valence-corrected chi connectivity index (χ1v) is 12.4. The van der Waals surface area contributed by atoms with Gasteiger partial charge in [0.15, 0.2) is 0 Å². The Kier molecular flexibility index (Phi) is 8.04. The van der Waals surface area contributed by atoms with E-state index in [1.54, 1.807) is 11.0 Å². The van der Waals surface area contributed by atoms with E-state index >= 15 is 0 Å². The molecule has 3 amide bonds. The summed E-state index contributed by atoms with van der Waals surface area (Å²) >= 11 is 0. The molecule has 2 atom stereocenters. The number of carbonyl (C=O) groups is 3. The maximum Gasteiger partial charge on any atom is 0.241 e. The van der Waals surface area contributed by atoms with E-state index in [1.807, 2.05) is 31.2 Å². The summed E-state index contributed by atoms with van der Waals surface area (Å²) in [6, 6.07) is 13.7. The van der Waals surface area contributed by atoms with Crippen LogP contribution >= 0.6 is 0 Å². The van der Waals surface area contributed by atoms with Gasteiger partial charge in [-0.15, -0.1) is 0 Å². The summed E-state index contributed by atoms with van der Waals surface area (Å²) in [4.78, 5) is 42.8. The molecule has 7 nitrogen and oxygen atoms in total. The molecule has 0 N–H and O–H groups in total. The summed E-state index contributed by atoms with van der Waals surface area (Å²) in [7, 11) is 1.48. The maximum atomic E-state index is 15.0. The highest BCUT2D eigenvalue weighted by Gasteiger charge is 2.55. The third-order valence-corrected chi connectivity index (χ3v) is 7.21. The SMILES string of the molecule is COCCN1C(=O)C[C@](CC(=O)N2CCC[C@H](COc3ccccc3C)C2)(c2ccccc2F)C1=O. The highest BCUT2D eigenvalue weighted by atomic mass is 19.1. The predicted octanol–water partition coefficient (Wildman–Crippen LogP) is 3.48. The van der Waals surface area contributed by atoms with Crippen molar-refractivity contribution in [2.45, 2.75) is 38.0 Å². The number of piperidine rings is 1. The Labute approximate surface area is 211 Å². The lowest BCUT2D eigenvalue weighted by atomic mass is 9.75. The first-order valence-electron chi connectivity index (χ1n) is 12.4. The number of para-hydroxylation sites is 1. The van der Waals surface area contributed by atoms with Crippen LogP contribution in [0.5, 0.6) is 5.75 Å². The van der Waals surface area contributed by atoms with Crippen LogP contribution in [0.3, 0.4) is 0 Å². The first-order chi connectivity index (χ1) is 17.4. The summed E-state index contributed by atoms with van der Waals surface area (Å²) in [6.07, 6.45) is 1.24. The van der Waals surface area contributed by atoms with Gasteiger partial charge in [-0.25, -0.2) is 4.39 Å². The molecule has 0 saturated carbocycles. The maximum absolute atomic E-state index is 15.0. The van der Waals surface area contributed by atoms with Gasteiger partial charge in [-0.3, -0.25) is 19.3 Å². The molecule has 2 heterocycles. The lowest BCUT2D eigenvalue weighted by Crippen LogP contribution is -2.47. The molecule has 8 heteroatoms. The Bertz CT molecular complexity index is 1120. The average Bonchev–Trinajstić information content (AvgIpc) is 3.11. The Hall–Kier alpha value is -3.26. The van der Waals surface area contributed by atoms with Gasteiger partial charge in [-0.1, -0.05) is 36.4 Å². The summed E-state index contributed by atoms with van der Waals surface area (Å²) in [5.74, 6) is -0.844. The van der Waals surface area contributed by atoms with E-state index in [4.69, 9.17) is 9.47 Å². The van der Waals surface area contributed by atoms with E-state index < -0.39 is 23.0 Å².